The summed E-state index contributed by atoms with van der Waals surface area (Å²) in [5, 5.41) is 14.8. The predicted molar refractivity (Wildman–Crippen MR) is 104 cm³/mol. The lowest BCUT2D eigenvalue weighted by Crippen LogP contribution is -2.43. The van der Waals surface area contributed by atoms with Crippen molar-refractivity contribution in [2.45, 2.75) is 12.5 Å². The van der Waals surface area contributed by atoms with Crippen LogP contribution < -0.4 is 5.32 Å². The van der Waals surface area contributed by atoms with Crippen LogP contribution in [0.2, 0.25) is 0 Å². The van der Waals surface area contributed by atoms with Crippen molar-refractivity contribution in [2.24, 2.45) is 0 Å². The molecule has 0 unspecified atom stereocenters. The Bertz CT molecular complexity index is 1150. The second-order valence-corrected chi connectivity index (χ2v) is 6.38. The van der Waals surface area contributed by atoms with E-state index >= 15 is 0 Å². The molecule has 0 spiro atoms. The Hall–Kier alpha value is -4.01. The number of methoxy groups -OCH3 is 1. The number of H-pyrrole nitrogens is 1. The number of fused-ring (bicyclic) bond motifs is 1. The number of benzene rings is 2. The Morgan fingerprint density at radius 2 is 1.97 bits per heavy atom. The molecule has 4 rings (SSSR count). The molecule has 9 heteroatoms. The molecule has 2 aromatic carbocycles. The number of esters is 1. The molecule has 1 atom stereocenters. The molecular weight excluding hydrogens is 372 g/mol. The molecule has 0 saturated carbocycles. The number of nitrogens with one attached hydrogen (secondary N) is 2. The van der Waals surface area contributed by atoms with E-state index < -0.39 is 17.9 Å². The Labute approximate surface area is 165 Å². The maximum absolute atomic E-state index is 13.0. The minimum absolute atomic E-state index is 0.287. The number of para-hydroxylation sites is 2. The SMILES string of the molecule is COC(=O)[C@H](Cc1c[nH]c2ccccc12)NC(=O)c1ccccc1-n1cnnn1. The van der Waals surface area contributed by atoms with Gasteiger partial charge in [0.25, 0.3) is 5.91 Å². The van der Waals surface area contributed by atoms with Gasteiger partial charge in [-0.3, -0.25) is 4.79 Å². The van der Waals surface area contributed by atoms with Crippen LogP contribution in [-0.2, 0) is 16.0 Å². The van der Waals surface area contributed by atoms with Crippen molar-refractivity contribution in [3.8, 4) is 5.69 Å². The van der Waals surface area contributed by atoms with Gasteiger partial charge < -0.3 is 15.0 Å². The molecular formula is C20H18N6O3. The number of hydrogen-bond acceptors (Lipinski definition) is 6. The molecule has 1 amide bonds. The second-order valence-electron chi connectivity index (χ2n) is 6.38. The lowest BCUT2D eigenvalue weighted by atomic mass is 10.0. The van der Waals surface area contributed by atoms with Gasteiger partial charge >= 0.3 is 5.97 Å². The number of amides is 1. The van der Waals surface area contributed by atoms with Crippen molar-refractivity contribution in [3.05, 3.63) is 72.2 Å². The maximum atomic E-state index is 13.0. The highest BCUT2D eigenvalue weighted by atomic mass is 16.5. The van der Waals surface area contributed by atoms with Gasteiger partial charge in [0.1, 0.15) is 12.4 Å². The first kappa shape index (κ1) is 18.4. The van der Waals surface area contributed by atoms with E-state index in [2.05, 4.69) is 25.8 Å². The van der Waals surface area contributed by atoms with Crippen LogP contribution in [0.25, 0.3) is 16.6 Å². The maximum Gasteiger partial charge on any atom is 0.328 e. The Morgan fingerprint density at radius 3 is 2.76 bits per heavy atom. The van der Waals surface area contributed by atoms with Gasteiger partial charge in [0.15, 0.2) is 0 Å². The molecule has 0 fully saturated rings. The number of aromatic nitrogens is 5. The first-order chi connectivity index (χ1) is 14.2. The molecule has 0 aliphatic heterocycles. The Balaban J connectivity index is 1.61. The summed E-state index contributed by atoms with van der Waals surface area (Å²) in [6.45, 7) is 0. The standard InChI is InChI=1S/C20H18N6O3/c1-29-20(28)17(10-13-11-21-16-8-4-2-6-14(13)16)23-19(27)15-7-3-5-9-18(15)26-12-22-24-25-26/h2-9,11-12,17,21H,10H2,1H3,(H,23,27)/t17-/m0/s1. The summed E-state index contributed by atoms with van der Waals surface area (Å²) in [5.41, 5.74) is 2.71. The summed E-state index contributed by atoms with van der Waals surface area (Å²) in [4.78, 5) is 28.5. The quantitative estimate of drug-likeness (QED) is 0.484. The molecule has 0 bridgehead atoms. The van der Waals surface area contributed by atoms with E-state index in [1.165, 1.54) is 18.1 Å². The van der Waals surface area contributed by atoms with E-state index in [9.17, 15) is 9.59 Å². The van der Waals surface area contributed by atoms with Crippen molar-refractivity contribution >= 4 is 22.8 Å². The predicted octanol–water partition coefficient (Wildman–Crippen LogP) is 1.66. The monoisotopic (exact) mass is 390 g/mol. The van der Waals surface area contributed by atoms with Gasteiger partial charge in [-0.2, -0.15) is 4.68 Å². The molecule has 2 N–H and O–H groups in total. The van der Waals surface area contributed by atoms with Gasteiger partial charge in [0, 0.05) is 23.5 Å². The normalized spacial score (nSPS) is 11.9. The lowest BCUT2D eigenvalue weighted by molar-refractivity contribution is -0.142. The Morgan fingerprint density at radius 1 is 1.17 bits per heavy atom. The zero-order chi connectivity index (χ0) is 20.2. The largest absolute Gasteiger partial charge is 0.467 e. The highest BCUT2D eigenvalue weighted by molar-refractivity contribution is 6.00. The van der Waals surface area contributed by atoms with Crippen molar-refractivity contribution in [3.63, 3.8) is 0 Å². The average Bonchev–Trinajstić information content (AvgIpc) is 3.43. The average molecular weight is 390 g/mol. The number of hydrogen-bond donors (Lipinski definition) is 2. The summed E-state index contributed by atoms with van der Waals surface area (Å²) in [6, 6.07) is 13.8. The van der Waals surface area contributed by atoms with Gasteiger partial charge in [-0.1, -0.05) is 30.3 Å². The van der Waals surface area contributed by atoms with Crippen molar-refractivity contribution < 1.29 is 14.3 Å². The zero-order valence-electron chi connectivity index (χ0n) is 15.6. The van der Waals surface area contributed by atoms with E-state index in [0.29, 0.717) is 11.3 Å². The fourth-order valence-corrected chi connectivity index (χ4v) is 3.23. The van der Waals surface area contributed by atoms with Gasteiger partial charge in [-0.05, 0) is 34.2 Å². The fraction of sp³-hybridized carbons (Fsp3) is 0.150. The number of ether oxygens (including phenoxy) is 1. The van der Waals surface area contributed by atoms with Crippen LogP contribution in [0.4, 0.5) is 0 Å². The Kier molecular flexibility index (Phi) is 5.02. The van der Waals surface area contributed by atoms with Crippen LogP contribution in [0.5, 0.6) is 0 Å². The first-order valence-corrected chi connectivity index (χ1v) is 8.93. The molecule has 29 heavy (non-hydrogen) atoms. The summed E-state index contributed by atoms with van der Waals surface area (Å²) < 4.78 is 6.30. The van der Waals surface area contributed by atoms with Crippen LogP contribution in [-0.4, -0.2) is 50.2 Å². The van der Waals surface area contributed by atoms with Crippen LogP contribution in [0.1, 0.15) is 15.9 Å². The molecule has 0 radical (unpaired) electrons. The summed E-state index contributed by atoms with van der Waals surface area (Å²) in [5.74, 6) is -0.949. The minimum atomic E-state index is -0.853. The summed E-state index contributed by atoms with van der Waals surface area (Å²) >= 11 is 0. The highest BCUT2D eigenvalue weighted by Crippen LogP contribution is 2.20. The van der Waals surface area contributed by atoms with E-state index in [1.807, 2.05) is 30.5 Å². The van der Waals surface area contributed by atoms with E-state index in [0.717, 1.165) is 16.5 Å². The van der Waals surface area contributed by atoms with Crippen molar-refractivity contribution in [1.82, 2.24) is 30.5 Å². The fourth-order valence-electron chi connectivity index (χ4n) is 3.23. The number of carbonyl (C=O) groups is 2. The second kappa shape index (κ2) is 7.93. The van der Waals surface area contributed by atoms with Crippen LogP contribution in [0, 0.1) is 0 Å². The van der Waals surface area contributed by atoms with Crippen LogP contribution in [0.15, 0.2) is 61.1 Å². The van der Waals surface area contributed by atoms with E-state index in [1.54, 1.807) is 24.3 Å². The number of aromatic amines is 1. The van der Waals surface area contributed by atoms with E-state index in [-0.39, 0.29) is 6.42 Å². The van der Waals surface area contributed by atoms with Gasteiger partial charge in [0.05, 0.1) is 18.4 Å². The minimum Gasteiger partial charge on any atom is -0.467 e. The number of rotatable bonds is 6. The number of carbonyl (C=O) groups excluding carboxylic acids is 2. The van der Waals surface area contributed by atoms with Crippen LogP contribution in [0.3, 0.4) is 0 Å². The molecule has 4 aromatic rings. The van der Waals surface area contributed by atoms with Crippen LogP contribution >= 0.6 is 0 Å². The van der Waals surface area contributed by atoms with Gasteiger partial charge in [-0.15, -0.1) is 5.10 Å². The third-order valence-corrected chi connectivity index (χ3v) is 4.63. The van der Waals surface area contributed by atoms with Gasteiger partial charge in [0.2, 0.25) is 0 Å². The van der Waals surface area contributed by atoms with Crippen molar-refractivity contribution in [2.75, 3.05) is 7.11 Å². The molecule has 0 aliphatic rings. The number of nitrogens with zero attached hydrogens (tertiary/aromatic N) is 4. The summed E-state index contributed by atoms with van der Waals surface area (Å²) in [7, 11) is 1.30. The lowest BCUT2D eigenvalue weighted by Gasteiger charge is -2.17. The first-order valence-electron chi connectivity index (χ1n) is 8.93. The third kappa shape index (κ3) is 3.70. The molecule has 146 valence electrons. The molecule has 2 aromatic heterocycles. The molecule has 0 aliphatic carbocycles. The highest BCUT2D eigenvalue weighted by Gasteiger charge is 2.25. The molecule has 0 saturated heterocycles. The smallest absolute Gasteiger partial charge is 0.328 e. The number of tetrazole rings is 1. The topological polar surface area (TPSA) is 115 Å². The van der Waals surface area contributed by atoms with Gasteiger partial charge in [-0.25, -0.2) is 4.79 Å². The van der Waals surface area contributed by atoms with E-state index in [4.69, 9.17) is 4.74 Å². The summed E-state index contributed by atoms with van der Waals surface area (Å²) in [6.07, 6.45) is 3.52. The third-order valence-electron chi connectivity index (χ3n) is 4.63. The molecule has 2 heterocycles. The van der Waals surface area contributed by atoms with Crippen molar-refractivity contribution in [1.29, 1.82) is 0 Å². The zero-order valence-corrected chi connectivity index (χ0v) is 15.6. The molecule has 9 nitrogen and oxygen atoms in total.